The second kappa shape index (κ2) is 5.29. The minimum Gasteiger partial charge on any atom is -0.465 e. The Bertz CT molecular complexity index is 445. The average molecular weight is 238 g/mol. The van der Waals surface area contributed by atoms with E-state index in [1.165, 1.54) is 25.3 Å². The molecular weight excluding hydrogens is 224 g/mol. The molecule has 0 N–H and O–H groups in total. The van der Waals surface area contributed by atoms with E-state index in [0.717, 1.165) is 0 Å². The minimum atomic E-state index is -0.509. The Balaban J connectivity index is 3.28. The van der Waals surface area contributed by atoms with E-state index < -0.39 is 10.9 Å². The maximum absolute atomic E-state index is 11.3. The quantitative estimate of drug-likeness (QED) is 0.454. The Morgan fingerprint density at radius 1 is 1.53 bits per heavy atom. The van der Waals surface area contributed by atoms with E-state index in [9.17, 15) is 14.9 Å². The van der Waals surface area contributed by atoms with Gasteiger partial charge in [0.1, 0.15) is 5.69 Å². The molecule has 0 saturated carbocycles. The van der Waals surface area contributed by atoms with Gasteiger partial charge in [-0.25, -0.2) is 4.79 Å². The molecule has 1 rings (SSSR count). The predicted molar refractivity (Wildman–Crippen MR) is 63.4 cm³/mol. The van der Waals surface area contributed by atoms with Crippen LogP contribution < -0.4 is 4.90 Å². The number of benzene rings is 1. The highest BCUT2D eigenvalue weighted by molar-refractivity contribution is 5.91. The van der Waals surface area contributed by atoms with Gasteiger partial charge in [-0.15, -0.1) is 0 Å². The first kappa shape index (κ1) is 13.0. The van der Waals surface area contributed by atoms with Gasteiger partial charge in [-0.1, -0.05) is 0 Å². The molecule has 1 aromatic carbocycles. The summed E-state index contributed by atoms with van der Waals surface area (Å²) in [7, 11) is 3.00. The van der Waals surface area contributed by atoms with Crippen LogP contribution in [0.2, 0.25) is 0 Å². The van der Waals surface area contributed by atoms with Gasteiger partial charge in [0.15, 0.2) is 0 Å². The molecule has 0 unspecified atom stereocenters. The number of carbonyl (C=O) groups excluding carboxylic acids is 1. The topological polar surface area (TPSA) is 72.7 Å². The van der Waals surface area contributed by atoms with Crippen LogP contribution in [0.5, 0.6) is 0 Å². The number of hydrogen-bond acceptors (Lipinski definition) is 5. The molecule has 0 aliphatic carbocycles. The number of nitrogens with zero attached hydrogens (tertiary/aromatic N) is 2. The number of rotatable bonds is 4. The number of nitro groups is 1. The number of ether oxygens (including phenoxy) is 1. The fourth-order valence-electron chi connectivity index (χ4n) is 1.40. The first-order valence-electron chi connectivity index (χ1n) is 5.09. The summed E-state index contributed by atoms with van der Waals surface area (Å²) in [4.78, 5) is 23.4. The van der Waals surface area contributed by atoms with E-state index in [0.29, 0.717) is 17.8 Å². The van der Waals surface area contributed by atoms with Gasteiger partial charge in [-0.3, -0.25) is 10.1 Å². The van der Waals surface area contributed by atoms with E-state index in [1.807, 2.05) is 6.92 Å². The number of anilines is 1. The summed E-state index contributed by atoms with van der Waals surface area (Å²) in [5, 5.41) is 10.9. The van der Waals surface area contributed by atoms with Crippen molar-refractivity contribution in [2.45, 2.75) is 6.92 Å². The van der Waals surface area contributed by atoms with Gasteiger partial charge >= 0.3 is 5.97 Å². The van der Waals surface area contributed by atoms with Crippen molar-refractivity contribution in [1.29, 1.82) is 0 Å². The second-order valence-corrected chi connectivity index (χ2v) is 3.47. The summed E-state index contributed by atoms with van der Waals surface area (Å²) in [6.07, 6.45) is 0. The third-order valence-electron chi connectivity index (χ3n) is 2.48. The lowest BCUT2D eigenvalue weighted by Gasteiger charge is -2.17. The Morgan fingerprint density at radius 2 is 2.18 bits per heavy atom. The highest BCUT2D eigenvalue weighted by atomic mass is 16.6. The summed E-state index contributed by atoms with van der Waals surface area (Å²) in [6, 6.07) is 4.16. The van der Waals surface area contributed by atoms with Crippen molar-refractivity contribution < 1.29 is 14.5 Å². The fourth-order valence-corrected chi connectivity index (χ4v) is 1.40. The zero-order valence-corrected chi connectivity index (χ0v) is 9.97. The highest BCUT2D eigenvalue weighted by Gasteiger charge is 2.19. The number of methoxy groups -OCH3 is 1. The zero-order chi connectivity index (χ0) is 13.0. The number of nitro benzene ring substituents is 1. The molecule has 0 aliphatic rings. The van der Waals surface area contributed by atoms with Crippen LogP contribution in [0, 0.1) is 10.1 Å². The first-order chi connectivity index (χ1) is 8.01. The van der Waals surface area contributed by atoms with Crippen LogP contribution >= 0.6 is 0 Å². The van der Waals surface area contributed by atoms with Crippen LogP contribution in [0.4, 0.5) is 11.4 Å². The molecule has 0 amide bonds. The smallest absolute Gasteiger partial charge is 0.337 e. The Morgan fingerprint density at radius 3 is 2.65 bits per heavy atom. The monoisotopic (exact) mass is 238 g/mol. The van der Waals surface area contributed by atoms with Gasteiger partial charge < -0.3 is 9.64 Å². The molecule has 0 fully saturated rings. The molecule has 6 heteroatoms. The lowest BCUT2D eigenvalue weighted by Crippen LogP contribution is -2.18. The van der Waals surface area contributed by atoms with E-state index in [4.69, 9.17) is 0 Å². The third kappa shape index (κ3) is 2.72. The van der Waals surface area contributed by atoms with Crippen molar-refractivity contribution in [1.82, 2.24) is 0 Å². The van der Waals surface area contributed by atoms with Crippen LogP contribution in [0.1, 0.15) is 17.3 Å². The van der Waals surface area contributed by atoms with Crippen LogP contribution in [0.15, 0.2) is 18.2 Å². The standard InChI is InChI=1S/C11H14N2O4/c1-4-12(2)10-7-8(11(14)17-3)5-6-9(10)13(15)16/h5-7H,4H2,1-3H3. The summed E-state index contributed by atoms with van der Waals surface area (Å²) >= 11 is 0. The predicted octanol–water partition coefficient (Wildman–Crippen LogP) is 1.84. The van der Waals surface area contributed by atoms with Crippen molar-refractivity contribution in [2.75, 3.05) is 25.6 Å². The highest BCUT2D eigenvalue weighted by Crippen LogP contribution is 2.28. The number of hydrogen-bond donors (Lipinski definition) is 0. The van der Waals surface area contributed by atoms with Gasteiger partial charge in [0, 0.05) is 19.7 Å². The molecule has 0 spiro atoms. The van der Waals surface area contributed by atoms with Crippen molar-refractivity contribution >= 4 is 17.3 Å². The molecule has 0 atom stereocenters. The molecule has 17 heavy (non-hydrogen) atoms. The van der Waals surface area contributed by atoms with Crippen molar-refractivity contribution in [3.05, 3.63) is 33.9 Å². The molecule has 92 valence electrons. The molecular formula is C11H14N2O4. The van der Waals surface area contributed by atoms with Crippen molar-refractivity contribution in [3.8, 4) is 0 Å². The fraction of sp³-hybridized carbons (Fsp3) is 0.364. The van der Waals surface area contributed by atoms with Crippen LogP contribution in [-0.4, -0.2) is 31.6 Å². The van der Waals surface area contributed by atoms with E-state index in [-0.39, 0.29) is 5.69 Å². The van der Waals surface area contributed by atoms with Gasteiger partial charge in [0.2, 0.25) is 0 Å². The van der Waals surface area contributed by atoms with Gasteiger partial charge in [0.05, 0.1) is 17.6 Å². The minimum absolute atomic E-state index is 0.0259. The van der Waals surface area contributed by atoms with Crippen LogP contribution in [0.3, 0.4) is 0 Å². The second-order valence-electron chi connectivity index (χ2n) is 3.47. The van der Waals surface area contributed by atoms with E-state index >= 15 is 0 Å². The first-order valence-corrected chi connectivity index (χ1v) is 5.09. The third-order valence-corrected chi connectivity index (χ3v) is 2.48. The maximum Gasteiger partial charge on any atom is 0.337 e. The molecule has 1 aromatic rings. The molecule has 6 nitrogen and oxygen atoms in total. The SMILES string of the molecule is CCN(C)c1cc(C(=O)OC)ccc1[N+](=O)[O-]. The van der Waals surface area contributed by atoms with Gasteiger partial charge in [0.25, 0.3) is 5.69 Å². The summed E-state index contributed by atoms with van der Waals surface area (Å²) < 4.78 is 4.58. The largest absolute Gasteiger partial charge is 0.465 e. The molecule has 0 heterocycles. The normalized spacial score (nSPS) is 9.82. The molecule has 0 bridgehead atoms. The zero-order valence-electron chi connectivity index (χ0n) is 9.97. The maximum atomic E-state index is 11.3. The Hall–Kier alpha value is -2.11. The summed E-state index contributed by atoms with van der Waals surface area (Å²) in [5.74, 6) is -0.509. The molecule has 0 radical (unpaired) electrons. The summed E-state index contributed by atoms with van der Waals surface area (Å²) in [6.45, 7) is 2.47. The van der Waals surface area contributed by atoms with Crippen molar-refractivity contribution in [2.24, 2.45) is 0 Å². The Kier molecular flexibility index (Phi) is 4.03. The molecule has 0 aromatic heterocycles. The van der Waals surface area contributed by atoms with Gasteiger partial charge in [-0.05, 0) is 19.1 Å². The van der Waals surface area contributed by atoms with Crippen molar-refractivity contribution in [3.63, 3.8) is 0 Å². The number of carbonyl (C=O) groups is 1. The van der Waals surface area contributed by atoms with E-state index in [2.05, 4.69) is 4.74 Å². The van der Waals surface area contributed by atoms with Gasteiger partial charge in [-0.2, -0.15) is 0 Å². The van der Waals surface area contributed by atoms with Crippen LogP contribution in [0.25, 0.3) is 0 Å². The molecule has 0 saturated heterocycles. The van der Waals surface area contributed by atoms with E-state index in [1.54, 1.807) is 11.9 Å². The lowest BCUT2D eigenvalue weighted by atomic mass is 10.1. The molecule has 0 aliphatic heterocycles. The summed E-state index contributed by atoms with van der Waals surface area (Å²) in [5.41, 5.74) is 0.677. The lowest BCUT2D eigenvalue weighted by molar-refractivity contribution is -0.384. The average Bonchev–Trinajstić information content (AvgIpc) is 2.35. The Labute approximate surface area is 98.9 Å². The van der Waals surface area contributed by atoms with Crippen LogP contribution in [-0.2, 0) is 4.74 Å². The number of esters is 1.